The number of carbonyl (C=O) groups excluding carboxylic acids is 3. The van der Waals surface area contributed by atoms with Gasteiger partial charge in [-0.3, -0.25) is 4.79 Å². The van der Waals surface area contributed by atoms with Crippen molar-refractivity contribution in [2.45, 2.75) is 25.7 Å². The molecule has 29 heavy (non-hydrogen) atoms. The molecule has 1 heterocycles. The minimum absolute atomic E-state index is 0.0325. The lowest BCUT2D eigenvalue weighted by atomic mass is 10.1. The molecule has 156 valence electrons. The summed E-state index contributed by atoms with van der Waals surface area (Å²) in [7, 11) is -3.65. The monoisotopic (exact) mass is 439 g/mol. The lowest BCUT2D eigenvalue weighted by Gasteiger charge is -2.09. The van der Waals surface area contributed by atoms with Gasteiger partial charge in [0.15, 0.2) is 9.84 Å². The van der Waals surface area contributed by atoms with Crippen molar-refractivity contribution in [3.8, 4) is 0 Å². The number of thiophene rings is 1. The van der Waals surface area contributed by atoms with Crippen molar-refractivity contribution in [2.24, 2.45) is 0 Å². The largest absolute Gasteiger partial charge is 0.462 e. The molecule has 1 aromatic carbocycles. The zero-order chi connectivity index (χ0) is 21.8. The second-order valence-corrected chi connectivity index (χ2v) is 8.93. The lowest BCUT2D eigenvalue weighted by Crippen LogP contribution is -2.17. The van der Waals surface area contributed by atoms with Gasteiger partial charge in [-0.25, -0.2) is 18.0 Å². The smallest absolute Gasteiger partial charge is 0.348 e. The van der Waals surface area contributed by atoms with Crippen molar-refractivity contribution < 1.29 is 32.3 Å². The van der Waals surface area contributed by atoms with Crippen molar-refractivity contribution >= 4 is 44.0 Å². The van der Waals surface area contributed by atoms with Crippen LogP contribution in [0, 0.1) is 6.92 Å². The number of amides is 1. The fourth-order valence-electron chi connectivity index (χ4n) is 2.59. The molecule has 2 aromatic rings. The van der Waals surface area contributed by atoms with Gasteiger partial charge in [-0.05, 0) is 38.5 Å². The molecule has 0 saturated carbocycles. The number of nitrogens with one attached hydrogen (secondary N) is 1. The highest BCUT2D eigenvalue weighted by molar-refractivity contribution is 7.90. The van der Waals surface area contributed by atoms with Gasteiger partial charge < -0.3 is 14.8 Å². The van der Waals surface area contributed by atoms with Gasteiger partial charge in [0.1, 0.15) is 9.88 Å². The van der Waals surface area contributed by atoms with Crippen LogP contribution in [0.1, 0.15) is 49.8 Å². The zero-order valence-corrected chi connectivity index (χ0v) is 18.0. The summed E-state index contributed by atoms with van der Waals surface area (Å²) < 4.78 is 34.0. The first kappa shape index (κ1) is 22.6. The topological polar surface area (TPSA) is 116 Å². The molecule has 0 radical (unpaired) electrons. The van der Waals surface area contributed by atoms with E-state index in [0.29, 0.717) is 5.56 Å². The average molecular weight is 440 g/mol. The van der Waals surface area contributed by atoms with Gasteiger partial charge in [-0.15, -0.1) is 11.3 Å². The fourth-order valence-corrected chi connectivity index (χ4v) is 4.56. The second-order valence-electron chi connectivity index (χ2n) is 5.92. The number of rotatable bonds is 7. The maximum absolute atomic E-state index is 12.8. The van der Waals surface area contributed by atoms with Gasteiger partial charge in [-0.1, -0.05) is 12.1 Å². The van der Waals surface area contributed by atoms with Crippen LogP contribution in [0.25, 0.3) is 0 Å². The van der Waals surface area contributed by atoms with E-state index in [9.17, 15) is 22.8 Å². The standard InChI is InChI=1S/C19H21NO7S2/c1-5-26-18(22)14-11(3)15(19(23)27-6-2)28-17(14)20-16(21)12-9-7-8-10-13(12)29(4,24)25/h7-10H,5-6H2,1-4H3,(H,20,21). The van der Waals surface area contributed by atoms with Crippen LogP contribution in [-0.4, -0.2) is 45.7 Å². The molecule has 10 heteroatoms. The van der Waals surface area contributed by atoms with Crippen LogP contribution >= 0.6 is 11.3 Å². The summed E-state index contributed by atoms with van der Waals surface area (Å²) in [6.45, 7) is 5.08. The number of carbonyl (C=O) groups is 3. The molecule has 8 nitrogen and oxygen atoms in total. The molecule has 0 unspecified atom stereocenters. The SMILES string of the molecule is CCOC(=O)c1sc(NC(=O)c2ccccc2S(C)(=O)=O)c(C(=O)OCC)c1C. The molecule has 0 aliphatic carbocycles. The summed E-state index contributed by atoms with van der Waals surface area (Å²) >= 11 is 0.868. The number of esters is 2. The molecule has 0 aliphatic rings. The third kappa shape index (κ3) is 5.01. The van der Waals surface area contributed by atoms with E-state index in [1.54, 1.807) is 20.8 Å². The Hall–Kier alpha value is -2.72. The predicted molar refractivity (Wildman–Crippen MR) is 108 cm³/mol. The maximum atomic E-state index is 12.8. The first-order chi connectivity index (χ1) is 13.6. The Kier molecular flexibility index (Phi) is 7.15. The van der Waals surface area contributed by atoms with Crippen LogP contribution in [0.4, 0.5) is 5.00 Å². The number of hydrogen-bond acceptors (Lipinski definition) is 8. The Labute approximate surface area is 172 Å². The Balaban J connectivity index is 2.52. The van der Waals surface area contributed by atoms with E-state index in [-0.39, 0.29) is 39.1 Å². The summed E-state index contributed by atoms with van der Waals surface area (Å²) in [4.78, 5) is 37.4. The second kappa shape index (κ2) is 9.19. The molecular weight excluding hydrogens is 418 g/mol. The molecule has 2 rings (SSSR count). The minimum Gasteiger partial charge on any atom is -0.462 e. The van der Waals surface area contributed by atoms with Crippen molar-refractivity contribution in [1.82, 2.24) is 0 Å². The number of sulfone groups is 1. The summed E-state index contributed by atoms with van der Waals surface area (Å²) in [6.07, 6.45) is 0.997. The molecule has 1 N–H and O–H groups in total. The molecule has 0 fully saturated rings. The van der Waals surface area contributed by atoms with Gasteiger partial charge in [0.25, 0.3) is 5.91 Å². The molecule has 0 bridgehead atoms. The quantitative estimate of drug-likeness (QED) is 0.659. The summed E-state index contributed by atoms with van der Waals surface area (Å²) in [5.41, 5.74) is 0.275. The highest BCUT2D eigenvalue weighted by Crippen LogP contribution is 2.35. The third-order valence-electron chi connectivity index (χ3n) is 3.85. The van der Waals surface area contributed by atoms with Crippen LogP contribution < -0.4 is 5.32 Å². The first-order valence-electron chi connectivity index (χ1n) is 8.69. The third-order valence-corrected chi connectivity index (χ3v) is 6.19. The first-order valence-corrected chi connectivity index (χ1v) is 11.4. The van der Waals surface area contributed by atoms with E-state index < -0.39 is 27.7 Å². The van der Waals surface area contributed by atoms with Crippen LogP contribution in [0.2, 0.25) is 0 Å². The molecular formula is C19H21NO7S2. The van der Waals surface area contributed by atoms with Crippen LogP contribution in [0.15, 0.2) is 29.2 Å². The van der Waals surface area contributed by atoms with Crippen molar-refractivity contribution in [2.75, 3.05) is 24.8 Å². The molecule has 1 aromatic heterocycles. The van der Waals surface area contributed by atoms with E-state index in [1.165, 1.54) is 24.3 Å². The van der Waals surface area contributed by atoms with E-state index in [1.807, 2.05) is 0 Å². The predicted octanol–water partition coefficient (Wildman–Crippen LogP) is 3.07. The number of hydrogen-bond donors (Lipinski definition) is 1. The van der Waals surface area contributed by atoms with Crippen molar-refractivity contribution in [1.29, 1.82) is 0 Å². The van der Waals surface area contributed by atoms with Gasteiger partial charge >= 0.3 is 11.9 Å². The van der Waals surface area contributed by atoms with Gasteiger partial charge in [0.05, 0.1) is 29.2 Å². The average Bonchev–Trinajstić information content (AvgIpc) is 2.97. The van der Waals surface area contributed by atoms with Crippen molar-refractivity contribution in [3.05, 3.63) is 45.8 Å². The zero-order valence-electron chi connectivity index (χ0n) is 16.4. The maximum Gasteiger partial charge on any atom is 0.348 e. The summed E-state index contributed by atoms with van der Waals surface area (Å²) in [6, 6.07) is 5.72. The highest BCUT2D eigenvalue weighted by Gasteiger charge is 2.28. The van der Waals surface area contributed by atoms with E-state index in [0.717, 1.165) is 17.6 Å². The Morgan fingerprint density at radius 1 is 1.03 bits per heavy atom. The van der Waals surface area contributed by atoms with E-state index >= 15 is 0 Å². The van der Waals surface area contributed by atoms with E-state index in [4.69, 9.17) is 9.47 Å². The molecule has 0 atom stereocenters. The normalized spacial score (nSPS) is 11.0. The Bertz CT molecular complexity index is 1050. The van der Waals surface area contributed by atoms with Crippen LogP contribution in [0.5, 0.6) is 0 Å². The van der Waals surface area contributed by atoms with Crippen LogP contribution in [-0.2, 0) is 19.3 Å². The molecule has 0 saturated heterocycles. The fraction of sp³-hybridized carbons (Fsp3) is 0.316. The van der Waals surface area contributed by atoms with Gasteiger partial charge in [-0.2, -0.15) is 0 Å². The number of benzene rings is 1. The number of anilines is 1. The molecule has 1 amide bonds. The molecule has 0 spiro atoms. The van der Waals surface area contributed by atoms with Crippen molar-refractivity contribution in [3.63, 3.8) is 0 Å². The minimum atomic E-state index is -3.65. The Morgan fingerprint density at radius 3 is 2.21 bits per heavy atom. The van der Waals surface area contributed by atoms with Gasteiger partial charge in [0.2, 0.25) is 0 Å². The van der Waals surface area contributed by atoms with Gasteiger partial charge in [0, 0.05) is 6.26 Å². The summed E-state index contributed by atoms with van der Waals surface area (Å²) in [5, 5.41) is 2.62. The molecule has 0 aliphatic heterocycles. The lowest BCUT2D eigenvalue weighted by molar-refractivity contribution is 0.0527. The van der Waals surface area contributed by atoms with E-state index in [2.05, 4.69) is 5.32 Å². The van der Waals surface area contributed by atoms with Crippen LogP contribution in [0.3, 0.4) is 0 Å². The number of ether oxygens (including phenoxy) is 2. The highest BCUT2D eigenvalue weighted by atomic mass is 32.2. The Morgan fingerprint density at radius 2 is 1.62 bits per heavy atom. The summed E-state index contributed by atoms with van der Waals surface area (Å²) in [5.74, 6) is -2.06.